The molecule has 30 heavy (non-hydrogen) atoms. The lowest BCUT2D eigenvalue weighted by Gasteiger charge is -2.39. The van der Waals surface area contributed by atoms with Gasteiger partial charge < -0.3 is 4.90 Å². The smallest absolute Gasteiger partial charge is 0.243 e. The van der Waals surface area contributed by atoms with Crippen LogP contribution in [-0.4, -0.2) is 73.7 Å². The van der Waals surface area contributed by atoms with Crippen molar-refractivity contribution in [1.82, 2.24) is 14.1 Å². The first-order valence-corrected chi connectivity index (χ1v) is 12.3. The number of hydrogen-bond donors (Lipinski definition) is 0. The molecule has 0 aromatic heterocycles. The van der Waals surface area contributed by atoms with Crippen LogP contribution in [0.1, 0.15) is 26.7 Å². The van der Waals surface area contributed by atoms with Gasteiger partial charge in [-0.3, -0.25) is 9.69 Å². The van der Waals surface area contributed by atoms with Crippen molar-refractivity contribution < 1.29 is 13.2 Å². The summed E-state index contributed by atoms with van der Waals surface area (Å²) in [5, 5.41) is 1.95. The maximum Gasteiger partial charge on any atom is 0.243 e. The quantitative estimate of drug-likeness (QED) is 0.750. The van der Waals surface area contributed by atoms with Gasteiger partial charge >= 0.3 is 0 Å². The molecule has 7 heteroatoms. The van der Waals surface area contributed by atoms with Crippen LogP contribution in [0.5, 0.6) is 0 Å². The summed E-state index contributed by atoms with van der Waals surface area (Å²) >= 11 is 0. The molecule has 6 nitrogen and oxygen atoms in total. The molecule has 2 fully saturated rings. The van der Waals surface area contributed by atoms with E-state index in [1.807, 2.05) is 42.2 Å². The zero-order valence-electron chi connectivity index (χ0n) is 17.8. The van der Waals surface area contributed by atoms with Crippen LogP contribution in [0.4, 0.5) is 0 Å². The lowest BCUT2D eigenvalue weighted by atomic mass is 9.98. The topological polar surface area (TPSA) is 60.9 Å². The van der Waals surface area contributed by atoms with Gasteiger partial charge in [0.05, 0.1) is 10.9 Å². The summed E-state index contributed by atoms with van der Waals surface area (Å²) < 4.78 is 27.9. The molecule has 0 bridgehead atoms. The number of piperidine rings is 1. The lowest BCUT2D eigenvalue weighted by molar-refractivity contribution is -0.138. The predicted molar refractivity (Wildman–Crippen MR) is 119 cm³/mol. The summed E-state index contributed by atoms with van der Waals surface area (Å²) in [5.41, 5.74) is 0. The van der Waals surface area contributed by atoms with Crippen LogP contribution >= 0.6 is 0 Å². The van der Waals surface area contributed by atoms with Crippen LogP contribution in [0.2, 0.25) is 0 Å². The molecule has 0 aliphatic carbocycles. The van der Waals surface area contributed by atoms with Gasteiger partial charge in [0, 0.05) is 39.3 Å². The van der Waals surface area contributed by atoms with Gasteiger partial charge in [-0.2, -0.15) is 4.31 Å². The van der Waals surface area contributed by atoms with E-state index in [-0.39, 0.29) is 11.9 Å². The zero-order chi connectivity index (χ0) is 21.3. The van der Waals surface area contributed by atoms with Gasteiger partial charge in [-0.05, 0) is 48.6 Å². The Balaban J connectivity index is 1.40. The van der Waals surface area contributed by atoms with Gasteiger partial charge in [-0.25, -0.2) is 8.42 Å². The fourth-order valence-corrected chi connectivity index (χ4v) is 5.92. The second-order valence-corrected chi connectivity index (χ2v) is 10.6. The fraction of sp³-hybridized carbons (Fsp3) is 0.522. The molecule has 2 aliphatic heterocycles. The van der Waals surface area contributed by atoms with Gasteiger partial charge in [0.2, 0.25) is 15.9 Å². The second kappa shape index (κ2) is 8.65. The highest BCUT2D eigenvalue weighted by atomic mass is 32.2. The monoisotopic (exact) mass is 429 g/mol. The van der Waals surface area contributed by atoms with Crippen molar-refractivity contribution in [3.05, 3.63) is 42.5 Å². The third-order valence-corrected chi connectivity index (χ3v) is 8.53. The first kappa shape index (κ1) is 21.3. The summed E-state index contributed by atoms with van der Waals surface area (Å²) in [4.78, 5) is 17.3. The van der Waals surface area contributed by atoms with E-state index in [9.17, 15) is 13.2 Å². The zero-order valence-corrected chi connectivity index (χ0v) is 18.6. The SMILES string of the molecule is CC1CCN(C(=O)C(C)N2CCN(S(=O)(=O)c3ccc4ccccc4c3)CC2)CC1. The highest BCUT2D eigenvalue weighted by Crippen LogP contribution is 2.24. The van der Waals surface area contributed by atoms with E-state index in [2.05, 4.69) is 11.8 Å². The standard InChI is InChI=1S/C23H31N3O3S/c1-18-9-11-25(12-10-18)23(27)19(2)24-13-15-26(16-14-24)30(28,29)22-8-7-20-5-3-4-6-21(20)17-22/h3-8,17-19H,9-16H2,1-2H3. The second-order valence-electron chi connectivity index (χ2n) is 8.63. The van der Waals surface area contributed by atoms with Crippen LogP contribution in [0.25, 0.3) is 10.8 Å². The molecule has 2 heterocycles. The number of benzene rings is 2. The largest absolute Gasteiger partial charge is 0.341 e. The normalized spacial score (nSPS) is 21.1. The first-order chi connectivity index (χ1) is 14.4. The predicted octanol–water partition coefficient (Wildman–Crippen LogP) is 2.79. The Morgan fingerprint density at radius 1 is 0.933 bits per heavy atom. The minimum atomic E-state index is -3.54. The molecular weight excluding hydrogens is 398 g/mol. The van der Waals surface area contributed by atoms with Crippen LogP contribution in [0.3, 0.4) is 0 Å². The Bertz CT molecular complexity index is 1010. The minimum Gasteiger partial charge on any atom is -0.341 e. The van der Waals surface area contributed by atoms with Crippen molar-refractivity contribution in [3.8, 4) is 0 Å². The van der Waals surface area contributed by atoms with Gasteiger partial charge in [0.1, 0.15) is 0 Å². The third-order valence-electron chi connectivity index (χ3n) is 6.63. The summed E-state index contributed by atoms with van der Waals surface area (Å²) in [6.45, 7) is 7.82. The molecule has 0 spiro atoms. The van der Waals surface area contributed by atoms with E-state index in [1.165, 1.54) is 0 Å². The summed E-state index contributed by atoms with van der Waals surface area (Å²) in [6.07, 6.45) is 2.13. The molecule has 0 N–H and O–H groups in total. The Labute approximate surface area is 179 Å². The number of likely N-dealkylation sites (tertiary alicyclic amines) is 1. The van der Waals surface area contributed by atoms with Crippen molar-refractivity contribution in [2.45, 2.75) is 37.6 Å². The Hall–Kier alpha value is -1.96. The number of sulfonamides is 1. The Kier molecular flexibility index (Phi) is 6.14. The van der Waals surface area contributed by atoms with E-state index in [4.69, 9.17) is 0 Å². The number of carbonyl (C=O) groups is 1. The van der Waals surface area contributed by atoms with E-state index in [0.29, 0.717) is 37.0 Å². The number of hydrogen-bond acceptors (Lipinski definition) is 4. The van der Waals surface area contributed by atoms with E-state index in [0.717, 1.165) is 36.7 Å². The Morgan fingerprint density at radius 3 is 2.23 bits per heavy atom. The maximum atomic E-state index is 13.2. The molecule has 1 amide bonds. The van der Waals surface area contributed by atoms with Crippen LogP contribution < -0.4 is 0 Å². The van der Waals surface area contributed by atoms with E-state index < -0.39 is 10.0 Å². The molecule has 162 valence electrons. The van der Waals surface area contributed by atoms with Gasteiger partial charge in [0.25, 0.3) is 0 Å². The number of rotatable bonds is 4. The maximum absolute atomic E-state index is 13.2. The molecule has 2 aromatic carbocycles. The third kappa shape index (κ3) is 4.24. The molecule has 0 radical (unpaired) electrons. The number of piperazine rings is 1. The molecule has 2 aliphatic rings. The van der Waals surface area contributed by atoms with Crippen molar-refractivity contribution in [2.24, 2.45) is 5.92 Å². The molecule has 2 saturated heterocycles. The van der Waals surface area contributed by atoms with Gasteiger partial charge in [-0.1, -0.05) is 37.3 Å². The molecule has 4 rings (SSSR count). The Morgan fingerprint density at radius 2 is 1.57 bits per heavy atom. The van der Waals surface area contributed by atoms with E-state index in [1.54, 1.807) is 16.4 Å². The van der Waals surface area contributed by atoms with Crippen molar-refractivity contribution in [2.75, 3.05) is 39.3 Å². The number of fused-ring (bicyclic) bond motifs is 1. The number of nitrogens with zero attached hydrogens (tertiary/aromatic N) is 3. The number of carbonyl (C=O) groups excluding carboxylic acids is 1. The molecular formula is C23H31N3O3S. The summed E-state index contributed by atoms with van der Waals surface area (Å²) in [7, 11) is -3.54. The molecule has 1 unspecified atom stereocenters. The lowest BCUT2D eigenvalue weighted by Crippen LogP contribution is -2.56. The average molecular weight is 430 g/mol. The average Bonchev–Trinajstić information content (AvgIpc) is 2.78. The number of amides is 1. The minimum absolute atomic E-state index is 0.174. The van der Waals surface area contributed by atoms with Crippen molar-refractivity contribution in [3.63, 3.8) is 0 Å². The summed E-state index contributed by atoms with van der Waals surface area (Å²) in [5.74, 6) is 0.862. The highest BCUT2D eigenvalue weighted by Gasteiger charge is 2.33. The van der Waals surface area contributed by atoms with Crippen molar-refractivity contribution in [1.29, 1.82) is 0 Å². The van der Waals surface area contributed by atoms with Crippen LogP contribution in [0, 0.1) is 5.92 Å². The molecule has 1 atom stereocenters. The van der Waals surface area contributed by atoms with E-state index >= 15 is 0 Å². The summed E-state index contributed by atoms with van der Waals surface area (Å²) in [6, 6.07) is 12.9. The van der Waals surface area contributed by atoms with Crippen LogP contribution in [-0.2, 0) is 14.8 Å². The fourth-order valence-electron chi connectivity index (χ4n) is 4.46. The van der Waals surface area contributed by atoms with Crippen LogP contribution in [0.15, 0.2) is 47.4 Å². The van der Waals surface area contributed by atoms with Crippen molar-refractivity contribution >= 4 is 26.7 Å². The van der Waals surface area contributed by atoms with Gasteiger partial charge in [0.15, 0.2) is 0 Å². The highest BCUT2D eigenvalue weighted by molar-refractivity contribution is 7.89. The molecule has 0 saturated carbocycles. The van der Waals surface area contributed by atoms with Gasteiger partial charge in [-0.15, -0.1) is 0 Å². The first-order valence-electron chi connectivity index (χ1n) is 10.9. The molecule has 2 aromatic rings.